The molecule has 22 heavy (non-hydrogen) atoms. The molecule has 10 heteroatoms. The lowest BCUT2D eigenvalue weighted by Crippen LogP contribution is -2.41. The molecule has 0 bridgehead atoms. The molecule has 1 aromatic rings. The topological polar surface area (TPSA) is 105 Å². The number of hydrogen-bond donors (Lipinski definition) is 1. The van der Waals surface area contributed by atoms with Crippen molar-refractivity contribution in [2.75, 3.05) is 43.0 Å². The van der Waals surface area contributed by atoms with E-state index < -0.39 is 14.8 Å². The number of hydrogen-bond acceptors (Lipinski definition) is 7. The van der Waals surface area contributed by atoms with Crippen LogP contribution in [0.2, 0.25) is 0 Å². The highest BCUT2D eigenvalue weighted by atomic mass is 79.9. The van der Waals surface area contributed by atoms with Crippen molar-refractivity contribution in [3.8, 4) is 0 Å². The first-order valence-corrected chi connectivity index (χ1v) is 9.45. The number of anilines is 1. The van der Waals surface area contributed by atoms with Crippen LogP contribution >= 0.6 is 15.9 Å². The van der Waals surface area contributed by atoms with Gasteiger partial charge in [-0.15, -0.1) is 0 Å². The summed E-state index contributed by atoms with van der Waals surface area (Å²) in [7, 11) is -2.83. The van der Waals surface area contributed by atoms with Crippen LogP contribution in [0, 0.1) is 10.1 Å². The number of aromatic nitrogens is 1. The first-order chi connectivity index (χ1) is 10.4. The van der Waals surface area contributed by atoms with E-state index in [2.05, 4.69) is 31.1 Å². The normalized spacial score (nSPS) is 18.0. The van der Waals surface area contributed by atoms with E-state index in [1.54, 1.807) is 0 Å². The molecule has 0 unspecified atom stereocenters. The Morgan fingerprint density at radius 3 is 2.68 bits per heavy atom. The van der Waals surface area contributed by atoms with Crippen LogP contribution in [-0.2, 0) is 9.84 Å². The fraction of sp³-hybridized carbons (Fsp3) is 0.583. The Morgan fingerprint density at radius 1 is 1.41 bits per heavy atom. The highest BCUT2D eigenvalue weighted by molar-refractivity contribution is 9.10. The maximum absolute atomic E-state index is 11.3. The zero-order valence-corrected chi connectivity index (χ0v) is 14.3. The predicted molar refractivity (Wildman–Crippen MR) is 86.8 cm³/mol. The van der Waals surface area contributed by atoms with Gasteiger partial charge in [-0.25, -0.2) is 13.4 Å². The number of nitro groups is 1. The van der Waals surface area contributed by atoms with Crippen molar-refractivity contribution < 1.29 is 13.3 Å². The number of nitrogens with zero attached hydrogens (tertiary/aromatic N) is 3. The number of nitrogens with one attached hydrogen (secondary N) is 1. The standard InChI is InChI=1S/C12H17BrN4O4S/c13-11-8-10(17(18)19)9-15-12(11)14-2-1-3-16-4-6-22(20,21)7-5-16/h8-9H,1-7H2,(H,14,15). The molecule has 1 aromatic heterocycles. The summed E-state index contributed by atoms with van der Waals surface area (Å²) in [6.07, 6.45) is 2.05. The largest absolute Gasteiger partial charge is 0.369 e. The number of rotatable bonds is 6. The smallest absolute Gasteiger partial charge is 0.288 e. The highest BCUT2D eigenvalue weighted by Crippen LogP contribution is 2.24. The Labute approximate surface area is 137 Å². The van der Waals surface area contributed by atoms with E-state index in [1.165, 1.54) is 12.3 Å². The molecule has 1 fully saturated rings. The quantitative estimate of drug-likeness (QED) is 0.441. The third-order valence-electron chi connectivity index (χ3n) is 3.42. The van der Waals surface area contributed by atoms with Crippen LogP contribution in [0.1, 0.15) is 6.42 Å². The summed E-state index contributed by atoms with van der Waals surface area (Å²) in [4.78, 5) is 16.3. The minimum Gasteiger partial charge on any atom is -0.369 e. The summed E-state index contributed by atoms with van der Waals surface area (Å²) in [5.41, 5.74) is -0.0630. The second-order valence-corrected chi connectivity index (χ2v) is 8.21. The average molecular weight is 393 g/mol. The van der Waals surface area contributed by atoms with E-state index in [0.717, 1.165) is 13.0 Å². The predicted octanol–water partition coefficient (Wildman–Crippen LogP) is 1.28. The van der Waals surface area contributed by atoms with Crippen molar-refractivity contribution >= 4 is 37.3 Å². The second kappa shape index (κ2) is 7.34. The van der Waals surface area contributed by atoms with Gasteiger partial charge in [-0.1, -0.05) is 0 Å². The minimum atomic E-state index is -2.83. The van der Waals surface area contributed by atoms with E-state index in [1.807, 2.05) is 0 Å². The van der Waals surface area contributed by atoms with Gasteiger partial charge in [0.2, 0.25) is 0 Å². The first kappa shape index (κ1) is 17.1. The molecule has 1 N–H and O–H groups in total. The molecule has 2 heterocycles. The van der Waals surface area contributed by atoms with E-state index >= 15 is 0 Å². The lowest BCUT2D eigenvalue weighted by atomic mass is 10.3. The monoisotopic (exact) mass is 392 g/mol. The molecule has 122 valence electrons. The van der Waals surface area contributed by atoms with Gasteiger partial charge in [-0.3, -0.25) is 10.1 Å². The van der Waals surface area contributed by atoms with Gasteiger partial charge in [0, 0.05) is 25.7 Å². The van der Waals surface area contributed by atoms with Crippen molar-refractivity contribution in [1.82, 2.24) is 9.88 Å². The Hall–Kier alpha value is -1.26. The fourth-order valence-electron chi connectivity index (χ4n) is 2.14. The van der Waals surface area contributed by atoms with Crippen molar-refractivity contribution in [3.63, 3.8) is 0 Å². The van der Waals surface area contributed by atoms with Crippen LogP contribution < -0.4 is 5.32 Å². The van der Waals surface area contributed by atoms with Crippen molar-refractivity contribution in [2.45, 2.75) is 6.42 Å². The van der Waals surface area contributed by atoms with E-state index in [4.69, 9.17) is 0 Å². The Bertz CT molecular complexity index is 639. The maximum atomic E-state index is 11.3. The van der Waals surface area contributed by atoms with Crippen LogP contribution in [0.25, 0.3) is 0 Å². The summed E-state index contributed by atoms with van der Waals surface area (Å²) in [6, 6.07) is 1.41. The van der Waals surface area contributed by atoms with Crippen LogP contribution in [0.4, 0.5) is 11.5 Å². The summed E-state index contributed by atoms with van der Waals surface area (Å²) in [6.45, 7) is 2.64. The molecule has 0 atom stereocenters. The summed E-state index contributed by atoms with van der Waals surface area (Å²) in [5, 5.41) is 13.7. The first-order valence-electron chi connectivity index (χ1n) is 6.84. The third-order valence-corrected chi connectivity index (χ3v) is 5.63. The van der Waals surface area contributed by atoms with Gasteiger partial charge in [-0.2, -0.15) is 0 Å². The Balaban J connectivity index is 1.74. The zero-order valence-electron chi connectivity index (χ0n) is 11.9. The fourth-order valence-corrected chi connectivity index (χ4v) is 3.90. The van der Waals surface area contributed by atoms with Gasteiger partial charge in [0.25, 0.3) is 5.69 Å². The lowest BCUT2D eigenvalue weighted by molar-refractivity contribution is -0.385. The number of pyridine rings is 1. The Kier molecular flexibility index (Phi) is 5.70. The van der Waals surface area contributed by atoms with E-state index in [-0.39, 0.29) is 17.2 Å². The molecular weight excluding hydrogens is 376 g/mol. The van der Waals surface area contributed by atoms with Crippen molar-refractivity contribution in [3.05, 3.63) is 26.9 Å². The van der Waals surface area contributed by atoms with Gasteiger partial charge in [0.05, 0.1) is 20.9 Å². The molecule has 0 saturated carbocycles. The van der Waals surface area contributed by atoms with Gasteiger partial charge in [0.15, 0.2) is 9.84 Å². The van der Waals surface area contributed by atoms with Crippen LogP contribution in [0.5, 0.6) is 0 Å². The number of halogens is 1. The molecule has 0 spiro atoms. The molecule has 2 rings (SSSR count). The molecule has 0 amide bonds. The molecule has 1 saturated heterocycles. The molecule has 1 aliphatic heterocycles. The highest BCUT2D eigenvalue weighted by Gasteiger charge is 2.20. The summed E-state index contributed by atoms with van der Waals surface area (Å²) < 4.78 is 23.2. The van der Waals surface area contributed by atoms with E-state index in [0.29, 0.717) is 29.9 Å². The van der Waals surface area contributed by atoms with Crippen LogP contribution in [0.15, 0.2) is 16.7 Å². The third kappa shape index (κ3) is 4.89. The average Bonchev–Trinajstić information content (AvgIpc) is 2.46. The minimum absolute atomic E-state index is 0.0630. The maximum Gasteiger partial charge on any atom is 0.288 e. The zero-order chi connectivity index (χ0) is 16.2. The number of sulfone groups is 1. The lowest BCUT2D eigenvalue weighted by Gasteiger charge is -2.26. The van der Waals surface area contributed by atoms with Crippen LogP contribution in [0.3, 0.4) is 0 Å². The van der Waals surface area contributed by atoms with Crippen molar-refractivity contribution in [2.24, 2.45) is 0 Å². The molecule has 1 aliphatic rings. The molecule has 0 aliphatic carbocycles. The van der Waals surface area contributed by atoms with Crippen LogP contribution in [-0.4, -0.2) is 60.9 Å². The Morgan fingerprint density at radius 2 is 2.09 bits per heavy atom. The van der Waals surface area contributed by atoms with Gasteiger partial charge < -0.3 is 10.2 Å². The summed E-state index contributed by atoms with van der Waals surface area (Å²) in [5.74, 6) is 1.03. The molecule has 0 aromatic carbocycles. The van der Waals surface area contributed by atoms with Crippen molar-refractivity contribution in [1.29, 1.82) is 0 Å². The second-order valence-electron chi connectivity index (χ2n) is 5.05. The van der Waals surface area contributed by atoms with Gasteiger partial charge >= 0.3 is 0 Å². The summed E-state index contributed by atoms with van der Waals surface area (Å²) >= 11 is 3.25. The molecular formula is C12H17BrN4O4S. The molecule has 8 nitrogen and oxygen atoms in total. The molecule has 0 radical (unpaired) electrons. The van der Waals surface area contributed by atoms with E-state index in [9.17, 15) is 18.5 Å². The SMILES string of the molecule is O=[N+]([O-])c1cnc(NCCCN2CCS(=O)(=O)CC2)c(Br)c1. The van der Waals surface area contributed by atoms with Gasteiger partial charge in [-0.05, 0) is 28.9 Å². The van der Waals surface area contributed by atoms with Gasteiger partial charge in [0.1, 0.15) is 12.0 Å².